The van der Waals surface area contributed by atoms with Gasteiger partial charge < -0.3 is 19.1 Å². The highest BCUT2D eigenvalue weighted by Crippen LogP contribution is 2.30. The molecule has 8 nitrogen and oxygen atoms in total. The average molecular weight is 402 g/mol. The highest BCUT2D eigenvalue weighted by Gasteiger charge is 2.23. The van der Waals surface area contributed by atoms with Gasteiger partial charge in [-0.05, 0) is 25.2 Å². The summed E-state index contributed by atoms with van der Waals surface area (Å²) in [5, 5.41) is 6.93. The lowest BCUT2D eigenvalue weighted by Gasteiger charge is -2.34. The van der Waals surface area contributed by atoms with E-state index in [-0.39, 0.29) is 16.8 Å². The zero-order valence-corrected chi connectivity index (χ0v) is 16.4. The van der Waals surface area contributed by atoms with Gasteiger partial charge in [-0.1, -0.05) is 11.6 Å². The van der Waals surface area contributed by atoms with E-state index < -0.39 is 5.97 Å². The fourth-order valence-electron chi connectivity index (χ4n) is 3.40. The number of esters is 1. The van der Waals surface area contributed by atoms with E-state index in [0.29, 0.717) is 10.6 Å². The van der Waals surface area contributed by atoms with Gasteiger partial charge in [-0.2, -0.15) is 5.10 Å². The van der Waals surface area contributed by atoms with Crippen LogP contribution >= 0.6 is 11.6 Å². The number of pyridine rings is 1. The summed E-state index contributed by atoms with van der Waals surface area (Å²) >= 11 is 6.57. The zero-order chi connectivity index (χ0) is 19.8. The summed E-state index contributed by atoms with van der Waals surface area (Å²) in [7, 11) is 3.39. The van der Waals surface area contributed by atoms with Crippen LogP contribution in [0, 0.1) is 0 Å². The largest absolute Gasteiger partial charge is 0.465 e. The van der Waals surface area contributed by atoms with E-state index in [4.69, 9.17) is 16.3 Å². The summed E-state index contributed by atoms with van der Waals surface area (Å²) in [6, 6.07) is 5.70. The lowest BCUT2D eigenvalue weighted by molar-refractivity contribution is 0.0600. The maximum atomic E-state index is 12.1. The number of hydrogen-bond acceptors (Lipinski definition) is 6. The number of hydrogen-bond donors (Lipinski definition) is 1. The van der Waals surface area contributed by atoms with Crippen molar-refractivity contribution in [1.29, 1.82) is 0 Å². The van der Waals surface area contributed by atoms with Gasteiger partial charge >= 0.3 is 5.97 Å². The second-order valence-electron chi connectivity index (χ2n) is 6.81. The Hall–Kier alpha value is -2.84. The van der Waals surface area contributed by atoms with Crippen molar-refractivity contribution in [2.45, 2.75) is 0 Å². The van der Waals surface area contributed by atoms with Crippen LogP contribution in [-0.4, -0.2) is 66.0 Å². The Morgan fingerprint density at radius 3 is 2.64 bits per heavy atom. The number of carbonyl (C=O) groups excluding carboxylic acids is 1. The molecule has 4 rings (SSSR count). The monoisotopic (exact) mass is 401 g/mol. The van der Waals surface area contributed by atoms with E-state index in [2.05, 4.69) is 27.0 Å². The van der Waals surface area contributed by atoms with Crippen LogP contribution in [0.1, 0.15) is 10.4 Å². The number of piperazine rings is 1. The predicted octanol–water partition coefficient (Wildman–Crippen LogP) is 1.86. The number of H-pyrrole nitrogens is 1. The highest BCUT2D eigenvalue weighted by molar-refractivity contribution is 6.33. The maximum absolute atomic E-state index is 12.1. The Kier molecular flexibility index (Phi) is 4.82. The molecule has 0 bridgehead atoms. The summed E-state index contributed by atoms with van der Waals surface area (Å²) in [6.07, 6.45) is 3.23. The smallest absolute Gasteiger partial charge is 0.341 e. The first kappa shape index (κ1) is 18.5. The Morgan fingerprint density at radius 1 is 1.21 bits per heavy atom. The van der Waals surface area contributed by atoms with E-state index in [1.54, 1.807) is 17.0 Å². The van der Waals surface area contributed by atoms with Crippen molar-refractivity contribution in [3.05, 3.63) is 51.5 Å². The zero-order valence-electron chi connectivity index (χ0n) is 15.6. The second-order valence-corrected chi connectivity index (χ2v) is 7.22. The molecule has 3 heterocycles. The first-order valence-electron chi connectivity index (χ1n) is 8.90. The fourth-order valence-corrected chi connectivity index (χ4v) is 3.70. The highest BCUT2D eigenvalue weighted by atomic mass is 35.5. The van der Waals surface area contributed by atoms with Gasteiger partial charge in [0.05, 0.1) is 23.4 Å². The maximum Gasteiger partial charge on any atom is 0.341 e. The molecule has 1 fully saturated rings. The fraction of sp³-hybridized carbons (Fsp3) is 0.316. The molecular formula is C19H20ClN5O3. The summed E-state index contributed by atoms with van der Waals surface area (Å²) in [5.74, 6) is -0.564. The molecule has 0 aliphatic carbocycles. The second kappa shape index (κ2) is 7.29. The lowest BCUT2D eigenvalue weighted by atomic mass is 10.1. The van der Waals surface area contributed by atoms with Crippen LogP contribution in [0.4, 0.5) is 5.69 Å². The first-order chi connectivity index (χ1) is 13.5. The van der Waals surface area contributed by atoms with Crippen LogP contribution < -0.4 is 10.5 Å². The third-order valence-corrected chi connectivity index (χ3v) is 5.34. The molecular weight excluding hydrogens is 382 g/mol. The van der Waals surface area contributed by atoms with E-state index in [9.17, 15) is 9.59 Å². The van der Waals surface area contributed by atoms with E-state index >= 15 is 0 Å². The van der Waals surface area contributed by atoms with Crippen molar-refractivity contribution in [1.82, 2.24) is 19.7 Å². The Balaban J connectivity index is 1.75. The van der Waals surface area contributed by atoms with E-state index in [1.165, 1.54) is 7.11 Å². The van der Waals surface area contributed by atoms with Gasteiger partial charge in [-0.3, -0.25) is 4.79 Å². The number of nitrogens with one attached hydrogen (secondary N) is 1. The number of ether oxygens (including phenoxy) is 1. The number of benzene rings is 1. The van der Waals surface area contributed by atoms with Crippen molar-refractivity contribution < 1.29 is 9.53 Å². The summed E-state index contributed by atoms with van der Waals surface area (Å²) in [5.41, 5.74) is 2.14. The molecule has 0 unspecified atom stereocenters. The summed E-state index contributed by atoms with van der Waals surface area (Å²) in [6.45, 7) is 3.79. The number of likely N-dealkylation sites (N-methyl/N-ethyl adjacent to an activating group) is 1. The Morgan fingerprint density at radius 2 is 1.96 bits per heavy atom. The topological polar surface area (TPSA) is 83.5 Å². The van der Waals surface area contributed by atoms with Gasteiger partial charge in [0.25, 0.3) is 5.56 Å². The number of carbonyl (C=O) groups is 1. The molecule has 28 heavy (non-hydrogen) atoms. The predicted molar refractivity (Wildman–Crippen MR) is 107 cm³/mol. The normalized spacial score (nSPS) is 15.2. The molecule has 0 aromatic heterocycles. The first-order valence-corrected chi connectivity index (χ1v) is 9.28. The van der Waals surface area contributed by atoms with E-state index in [1.807, 2.05) is 18.2 Å². The molecule has 0 radical (unpaired) electrons. The molecule has 3 aliphatic rings. The summed E-state index contributed by atoms with van der Waals surface area (Å²) in [4.78, 5) is 28.7. The van der Waals surface area contributed by atoms with Gasteiger partial charge in [0, 0.05) is 44.3 Å². The van der Waals surface area contributed by atoms with Crippen molar-refractivity contribution in [3.8, 4) is 16.9 Å². The third kappa shape index (κ3) is 3.25. The van der Waals surface area contributed by atoms with Gasteiger partial charge in [-0.25, -0.2) is 9.89 Å². The molecule has 0 spiro atoms. The quantitative estimate of drug-likeness (QED) is 0.674. The number of aromatic amines is 1. The van der Waals surface area contributed by atoms with Gasteiger partial charge in [-0.15, -0.1) is 0 Å². The van der Waals surface area contributed by atoms with Crippen LogP contribution in [0.5, 0.6) is 0 Å². The molecule has 0 saturated carbocycles. The number of fused-ring (bicyclic) bond motifs is 1. The van der Waals surface area contributed by atoms with Crippen LogP contribution in [0.25, 0.3) is 16.9 Å². The molecule has 1 aromatic rings. The number of rotatable bonds is 3. The summed E-state index contributed by atoms with van der Waals surface area (Å²) < 4.78 is 6.52. The van der Waals surface area contributed by atoms with Crippen molar-refractivity contribution in [2.24, 2.45) is 0 Å². The Labute approximate surface area is 166 Å². The minimum atomic E-state index is -0.564. The number of halogens is 1. The number of aromatic nitrogens is 3. The van der Waals surface area contributed by atoms with E-state index in [0.717, 1.165) is 37.6 Å². The molecule has 0 atom stereocenters. The minimum Gasteiger partial charge on any atom is -0.465 e. The minimum absolute atomic E-state index is 0.206. The van der Waals surface area contributed by atoms with Crippen molar-refractivity contribution in [2.75, 3.05) is 45.2 Å². The lowest BCUT2D eigenvalue weighted by Crippen LogP contribution is -2.44. The average Bonchev–Trinajstić information content (AvgIpc) is 3.08. The molecule has 146 valence electrons. The van der Waals surface area contributed by atoms with Gasteiger partial charge in [0.2, 0.25) is 0 Å². The van der Waals surface area contributed by atoms with Crippen LogP contribution in [-0.2, 0) is 4.74 Å². The molecule has 3 aliphatic heterocycles. The number of anilines is 1. The SMILES string of the molecule is COC(=O)c1cn(-c2ccc(N3CCN(C)CC3)c(Cl)c2)cc2c(=O)[nH]nc1-2. The third-order valence-electron chi connectivity index (χ3n) is 5.04. The van der Waals surface area contributed by atoms with Crippen LogP contribution in [0.3, 0.4) is 0 Å². The molecule has 1 saturated heterocycles. The Bertz CT molecular complexity index is 1050. The van der Waals surface area contributed by atoms with Crippen LogP contribution in [0.15, 0.2) is 35.4 Å². The van der Waals surface area contributed by atoms with Crippen molar-refractivity contribution >= 4 is 23.3 Å². The molecule has 0 amide bonds. The molecule has 1 N–H and O–H groups in total. The molecule has 1 aromatic carbocycles. The van der Waals surface area contributed by atoms with Crippen LogP contribution in [0.2, 0.25) is 5.02 Å². The van der Waals surface area contributed by atoms with Crippen molar-refractivity contribution in [3.63, 3.8) is 0 Å². The van der Waals surface area contributed by atoms with Gasteiger partial charge in [0.15, 0.2) is 0 Å². The van der Waals surface area contributed by atoms with Gasteiger partial charge in [0.1, 0.15) is 11.3 Å². The standard InChI is InChI=1S/C19H20ClN5O3/c1-23-5-7-24(8-6-23)16-4-3-12(9-15(16)20)25-10-13-17(21-22-18(13)26)14(11-25)19(27)28-2/h3-4,9-11H,5-8H2,1-2H3,(H,22,26). The number of methoxy groups -OCH3 is 1. The number of nitrogens with zero attached hydrogens (tertiary/aromatic N) is 4. The molecule has 9 heteroatoms.